The summed E-state index contributed by atoms with van der Waals surface area (Å²) >= 11 is 0. The van der Waals surface area contributed by atoms with Gasteiger partial charge in [0.15, 0.2) is 0 Å². The molecule has 0 radical (unpaired) electrons. The average Bonchev–Trinajstić information content (AvgIpc) is 3.12. The van der Waals surface area contributed by atoms with E-state index in [9.17, 15) is 14.4 Å². The number of methoxy groups -OCH3 is 1. The molecular formula is C18H23N3O5. The zero-order chi connectivity index (χ0) is 19.1. The quantitative estimate of drug-likeness (QED) is 0.827. The normalized spacial score (nSPS) is 20.4. The number of nitrogens with one attached hydrogen (secondary N) is 1. The van der Waals surface area contributed by atoms with E-state index in [4.69, 9.17) is 9.47 Å². The molecule has 0 bridgehead atoms. The summed E-state index contributed by atoms with van der Waals surface area (Å²) < 4.78 is 11.9. The van der Waals surface area contributed by atoms with Crippen LogP contribution in [0.3, 0.4) is 0 Å². The molecular weight excluding hydrogens is 338 g/mol. The smallest absolute Gasteiger partial charge is 0.411 e. The first-order chi connectivity index (χ1) is 12.2. The number of H-pyrrole nitrogens is 1. The minimum atomic E-state index is -0.791. The first-order valence-electron chi connectivity index (χ1n) is 8.48. The number of ether oxygens (including phenoxy) is 2. The molecule has 0 spiro atoms. The summed E-state index contributed by atoms with van der Waals surface area (Å²) in [6.45, 7) is 5.47. The SMILES string of the molecule is COC(=O)[C@@H]1CC(n2c(=O)[nH]c3ccccc32)CN1C(=O)OC(C)(C)C. The lowest BCUT2D eigenvalue weighted by molar-refractivity contribution is -0.145. The molecule has 2 heterocycles. The van der Waals surface area contributed by atoms with Crippen molar-refractivity contribution in [2.75, 3.05) is 13.7 Å². The number of carbonyl (C=O) groups is 2. The number of imidazole rings is 1. The Morgan fingerprint density at radius 1 is 1.23 bits per heavy atom. The van der Waals surface area contributed by atoms with Crippen molar-refractivity contribution in [1.82, 2.24) is 14.5 Å². The first kappa shape index (κ1) is 18.0. The van der Waals surface area contributed by atoms with Crippen LogP contribution in [0.25, 0.3) is 11.0 Å². The highest BCUT2D eigenvalue weighted by molar-refractivity contribution is 5.82. The van der Waals surface area contributed by atoms with E-state index in [1.165, 1.54) is 12.0 Å². The molecule has 1 unspecified atom stereocenters. The molecule has 8 heteroatoms. The molecule has 0 saturated carbocycles. The summed E-state index contributed by atoms with van der Waals surface area (Å²) in [6.07, 6.45) is -0.309. The van der Waals surface area contributed by atoms with Crippen molar-refractivity contribution >= 4 is 23.1 Å². The van der Waals surface area contributed by atoms with Gasteiger partial charge in [-0.2, -0.15) is 0 Å². The van der Waals surface area contributed by atoms with Gasteiger partial charge in [0.1, 0.15) is 11.6 Å². The average molecular weight is 361 g/mol. The number of carbonyl (C=O) groups excluding carboxylic acids is 2. The number of aromatic nitrogens is 2. The first-order valence-corrected chi connectivity index (χ1v) is 8.48. The highest BCUT2D eigenvalue weighted by Gasteiger charge is 2.43. The maximum atomic E-state index is 12.6. The summed E-state index contributed by atoms with van der Waals surface area (Å²) in [6, 6.07) is 6.17. The van der Waals surface area contributed by atoms with Gasteiger partial charge in [-0.15, -0.1) is 0 Å². The summed E-state index contributed by atoms with van der Waals surface area (Å²) in [4.78, 5) is 41.3. The molecule has 1 aliphatic heterocycles. The maximum Gasteiger partial charge on any atom is 0.411 e. The molecule has 0 aliphatic carbocycles. The van der Waals surface area contributed by atoms with E-state index in [0.29, 0.717) is 5.52 Å². The molecule has 1 amide bonds. The van der Waals surface area contributed by atoms with Crippen molar-refractivity contribution in [3.63, 3.8) is 0 Å². The van der Waals surface area contributed by atoms with Gasteiger partial charge in [-0.3, -0.25) is 9.47 Å². The number of nitrogens with zero attached hydrogens (tertiary/aromatic N) is 2. The van der Waals surface area contributed by atoms with Crippen LogP contribution in [-0.2, 0) is 14.3 Å². The highest BCUT2D eigenvalue weighted by Crippen LogP contribution is 2.30. The highest BCUT2D eigenvalue weighted by atomic mass is 16.6. The predicted octanol–water partition coefficient (Wildman–Crippen LogP) is 2.05. The number of benzene rings is 1. The molecule has 26 heavy (non-hydrogen) atoms. The Kier molecular flexibility index (Phi) is 4.52. The molecule has 1 fully saturated rings. The molecule has 2 atom stereocenters. The van der Waals surface area contributed by atoms with E-state index >= 15 is 0 Å². The van der Waals surface area contributed by atoms with Gasteiger partial charge in [0.05, 0.1) is 24.2 Å². The molecule has 1 aliphatic rings. The largest absolute Gasteiger partial charge is 0.467 e. The van der Waals surface area contributed by atoms with Crippen molar-refractivity contribution in [2.24, 2.45) is 0 Å². The third-order valence-corrected chi connectivity index (χ3v) is 4.37. The summed E-state index contributed by atoms with van der Waals surface area (Å²) in [5, 5.41) is 0. The van der Waals surface area contributed by atoms with Crippen LogP contribution < -0.4 is 5.69 Å². The molecule has 3 rings (SSSR count). The Bertz CT molecular complexity index is 892. The second-order valence-electron chi connectivity index (χ2n) is 7.38. The molecule has 2 aromatic rings. The van der Waals surface area contributed by atoms with Crippen LogP contribution >= 0.6 is 0 Å². The van der Waals surface area contributed by atoms with Crippen molar-refractivity contribution in [3.8, 4) is 0 Å². The van der Waals surface area contributed by atoms with Crippen LogP contribution in [0.1, 0.15) is 33.2 Å². The van der Waals surface area contributed by atoms with Crippen molar-refractivity contribution in [1.29, 1.82) is 0 Å². The van der Waals surface area contributed by atoms with Gasteiger partial charge in [0.25, 0.3) is 0 Å². The maximum absolute atomic E-state index is 12.6. The lowest BCUT2D eigenvalue weighted by Gasteiger charge is -2.27. The fourth-order valence-corrected chi connectivity index (χ4v) is 3.32. The zero-order valence-corrected chi connectivity index (χ0v) is 15.3. The van der Waals surface area contributed by atoms with Gasteiger partial charge < -0.3 is 14.5 Å². The number of likely N-dealkylation sites (tertiary alicyclic amines) is 1. The minimum absolute atomic E-state index is 0.191. The molecule has 140 valence electrons. The van der Waals surface area contributed by atoms with E-state index < -0.39 is 23.7 Å². The molecule has 1 aromatic heterocycles. The Labute approximate surface area is 150 Å². The number of fused-ring (bicyclic) bond motifs is 1. The lowest BCUT2D eigenvalue weighted by atomic mass is 10.1. The van der Waals surface area contributed by atoms with E-state index in [0.717, 1.165) is 5.52 Å². The Hall–Kier alpha value is -2.77. The second-order valence-corrected chi connectivity index (χ2v) is 7.38. The molecule has 1 saturated heterocycles. The molecule has 1 N–H and O–H groups in total. The summed E-state index contributed by atoms with van der Waals surface area (Å²) in [5.74, 6) is -0.522. The van der Waals surface area contributed by atoms with Crippen LogP contribution in [0, 0.1) is 0 Å². The third kappa shape index (κ3) is 3.31. The molecule has 8 nitrogen and oxygen atoms in total. The Morgan fingerprint density at radius 3 is 2.58 bits per heavy atom. The van der Waals surface area contributed by atoms with Crippen LogP contribution in [0.4, 0.5) is 4.79 Å². The van der Waals surface area contributed by atoms with Crippen molar-refractivity contribution < 1.29 is 19.1 Å². The molecule has 1 aromatic carbocycles. The van der Waals surface area contributed by atoms with Gasteiger partial charge in [-0.25, -0.2) is 14.4 Å². The zero-order valence-electron chi connectivity index (χ0n) is 15.3. The number of aromatic amines is 1. The number of esters is 1. The number of hydrogen-bond donors (Lipinski definition) is 1. The third-order valence-electron chi connectivity index (χ3n) is 4.37. The van der Waals surface area contributed by atoms with E-state index in [1.807, 2.05) is 24.3 Å². The minimum Gasteiger partial charge on any atom is -0.467 e. The van der Waals surface area contributed by atoms with E-state index in [2.05, 4.69) is 4.98 Å². The topological polar surface area (TPSA) is 93.6 Å². The number of hydrogen-bond acceptors (Lipinski definition) is 5. The van der Waals surface area contributed by atoms with Gasteiger partial charge in [0.2, 0.25) is 0 Å². The van der Waals surface area contributed by atoms with Crippen molar-refractivity contribution in [3.05, 3.63) is 34.7 Å². The summed E-state index contributed by atoms with van der Waals surface area (Å²) in [7, 11) is 1.28. The van der Waals surface area contributed by atoms with Crippen LogP contribution in [-0.4, -0.2) is 51.8 Å². The number of para-hydroxylation sites is 2. The van der Waals surface area contributed by atoms with E-state index in [-0.39, 0.29) is 24.7 Å². The fourth-order valence-electron chi connectivity index (χ4n) is 3.32. The van der Waals surface area contributed by atoms with Gasteiger partial charge in [-0.05, 0) is 32.9 Å². The van der Waals surface area contributed by atoms with Crippen LogP contribution in [0.5, 0.6) is 0 Å². The monoisotopic (exact) mass is 361 g/mol. The standard InChI is InChI=1S/C18H23N3O5/c1-18(2,3)26-17(24)20-10-11(9-14(20)15(22)25-4)21-13-8-6-5-7-12(13)19-16(21)23/h5-8,11,14H,9-10H2,1-4H3,(H,19,23)/t11?,14-/m0/s1. The van der Waals surface area contributed by atoms with E-state index in [1.54, 1.807) is 25.3 Å². The van der Waals surface area contributed by atoms with Gasteiger partial charge in [0, 0.05) is 13.0 Å². The van der Waals surface area contributed by atoms with Crippen LogP contribution in [0.15, 0.2) is 29.1 Å². The fraction of sp³-hybridized carbons (Fsp3) is 0.500. The van der Waals surface area contributed by atoms with Crippen LogP contribution in [0.2, 0.25) is 0 Å². The van der Waals surface area contributed by atoms with Gasteiger partial charge in [-0.1, -0.05) is 12.1 Å². The Balaban J connectivity index is 1.95. The summed E-state index contributed by atoms with van der Waals surface area (Å²) in [5.41, 5.74) is 0.485. The van der Waals surface area contributed by atoms with Gasteiger partial charge >= 0.3 is 17.8 Å². The predicted molar refractivity (Wildman–Crippen MR) is 95.0 cm³/mol. The van der Waals surface area contributed by atoms with Crippen molar-refractivity contribution in [2.45, 2.75) is 44.9 Å². The second kappa shape index (κ2) is 6.51. The Morgan fingerprint density at radius 2 is 1.92 bits per heavy atom. The number of rotatable bonds is 2. The lowest BCUT2D eigenvalue weighted by Crippen LogP contribution is -2.43. The number of amides is 1.